The van der Waals surface area contributed by atoms with E-state index in [1.165, 1.54) is 22.1 Å². The van der Waals surface area contributed by atoms with Crippen LogP contribution >= 0.6 is 22.9 Å². The van der Waals surface area contributed by atoms with Gasteiger partial charge < -0.3 is 0 Å². The van der Waals surface area contributed by atoms with Crippen molar-refractivity contribution in [1.29, 1.82) is 0 Å². The molecule has 0 bridgehead atoms. The fourth-order valence-electron chi connectivity index (χ4n) is 2.74. The zero-order valence-electron chi connectivity index (χ0n) is 11.9. The minimum atomic E-state index is -3.48. The van der Waals surface area contributed by atoms with Gasteiger partial charge in [-0.15, -0.1) is 22.9 Å². The number of halogens is 1. The molecule has 2 aromatic rings. The number of hydrogen-bond acceptors (Lipinski definition) is 3. The van der Waals surface area contributed by atoms with E-state index >= 15 is 0 Å². The molecule has 0 amide bonds. The van der Waals surface area contributed by atoms with Crippen LogP contribution < -0.4 is 0 Å². The molecule has 21 heavy (non-hydrogen) atoms. The Morgan fingerprint density at radius 3 is 2.67 bits per heavy atom. The van der Waals surface area contributed by atoms with Gasteiger partial charge in [0, 0.05) is 28.6 Å². The van der Waals surface area contributed by atoms with Gasteiger partial charge in [0.25, 0.3) is 0 Å². The third-order valence-electron chi connectivity index (χ3n) is 4.15. The van der Waals surface area contributed by atoms with Crippen molar-refractivity contribution in [3.8, 4) is 0 Å². The van der Waals surface area contributed by atoms with E-state index in [9.17, 15) is 8.42 Å². The Hall–Kier alpha value is -0.620. The third-order valence-corrected chi connectivity index (χ3v) is 7.83. The van der Waals surface area contributed by atoms with E-state index in [2.05, 4.69) is 0 Å². The number of thiophene rings is 1. The third kappa shape index (κ3) is 2.72. The molecule has 3 rings (SSSR count). The molecule has 0 spiro atoms. The van der Waals surface area contributed by atoms with Crippen molar-refractivity contribution in [3.63, 3.8) is 0 Å². The highest BCUT2D eigenvalue weighted by molar-refractivity contribution is 7.89. The monoisotopic (exact) mass is 343 g/mol. The van der Waals surface area contributed by atoms with E-state index in [0.29, 0.717) is 17.4 Å². The van der Waals surface area contributed by atoms with E-state index in [0.717, 1.165) is 27.8 Å². The van der Waals surface area contributed by atoms with E-state index in [1.54, 1.807) is 7.05 Å². The van der Waals surface area contributed by atoms with Crippen molar-refractivity contribution in [3.05, 3.63) is 29.1 Å². The lowest BCUT2D eigenvalue weighted by Gasteiger charge is -2.29. The van der Waals surface area contributed by atoms with Gasteiger partial charge in [-0.2, -0.15) is 0 Å². The van der Waals surface area contributed by atoms with Crippen LogP contribution in [-0.4, -0.2) is 26.3 Å². The first-order valence-corrected chi connectivity index (χ1v) is 9.86. The first kappa shape index (κ1) is 15.3. The van der Waals surface area contributed by atoms with Crippen LogP contribution in [-0.2, 0) is 15.9 Å². The summed E-state index contributed by atoms with van der Waals surface area (Å²) >= 11 is 7.45. The first-order chi connectivity index (χ1) is 10.0. The average Bonchev–Trinajstić information content (AvgIpc) is 2.81. The summed E-state index contributed by atoms with van der Waals surface area (Å²) in [4.78, 5) is 1.14. The Kier molecular flexibility index (Phi) is 4.28. The predicted octanol–water partition coefficient (Wildman–Crippen LogP) is 4.06. The summed E-state index contributed by atoms with van der Waals surface area (Å²) in [5.74, 6) is 0.736. The van der Waals surface area contributed by atoms with Crippen LogP contribution in [0, 0.1) is 5.92 Å². The van der Waals surface area contributed by atoms with Crippen LogP contribution in [0.15, 0.2) is 29.2 Å². The second-order valence-electron chi connectivity index (χ2n) is 5.57. The number of hydrogen-bond donors (Lipinski definition) is 0. The number of fused-ring (bicyclic) bond motifs is 1. The molecule has 1 aromatic heterocycles. The fourth-order valence-corrected chi connectivity index (χ4v) is 6.10. The highest BCUT2D eigenvalue weighted by atomic mass is 35.5. The summed E-state index contributed by atoms with van der Waals surface area (Å²) in [6.07, 6.45) is 3.48. The molecule has 0 N–H and O–H groups in total. The van der Waals surface area contributed by atoms with Crippen molar-refractivity contribution in [1.82, 2.24) is 4.31 Å². The van der Waals surface area contributed by atoms with Crippen LogP contribution in [0.1, 0.15) is 24.1 Å². The van der Waals surface area contributed by atoms with Crippen LogP contribution in [0.25, 0.3) is 10.1 Å². The van der Waals surface area contributed by atoms with Crippen molar-refractivity contribution >= 4 is 43.0 Å². The molecule has 0 radical (unpaired) electrons. The number of nitrogens with zero attached hydrogens (tertiary/aromatic N) is 1. The van der Waals surface area contributed by atoms with Gasteiger partial charge in [0.2, 0.25) is 10.0 Å². The van der Waals surface area contributed by atoms with Gasteiger partial charge in [0.15, 0.2) is 0 Å². The summed E-state index contributed by atoms with van der Waals surface area (Å²) in [5.41, 5.74) is 0. The standard InChI is InChI=1S/C15H18ClNO2S2/c1-17(10-11-5-4-6-11)21(18,19)15-12-7-2-3-8-13(12)20-14(15)9-16/h2-3,7-8,11H,4-6,9-10H2,1H3. The lowest BCUT2D eigenvalue weighted by Crippen LogP contribution is -2.34. The van der Waals surface area contributed by atoms with Crippen molar-refractivity contribution in [2.75, 3.05) is 13.6 Å². The molecule has 1 aromatic carbocycles. The Labute approximate surface area is 134 Å². The topological polar surface area (TPSA) is 37.4 Å². The normalized spacial score (nSPS) is 16.5. The lowest BCUT2D eigenvalue weighted by molar-refractivity contribution is 0.263. The molecule has 6 heteroatoms. The molecule has 1 aliphatic carbocycles. The van der Waals surface area contributed by atoms with Crippen molar-refractivity contribution in [2.45, 2.75) is 30.0 Å². The molecule has 0 unspecified atom stereocenters. The maximum Gasteiger partial charge on any atom is 0.244 e. The van der Waals surface area contributed by atoms with Crippen LogP contribution in [0.2, 0.25) is 0 Å². The van der Waals surface area contributed by atoms with E-state index in [1.807, 2.05) is 24.3 Å². The maximum absolute atomic E-state index is 12.9. The van der Waals surface area contributed by atoms with E-state index < -0.39 is 10.0 Å². The Bertz CT molecular complexity index is 750. The first-order valence-electron chi connectivity index (χ1n) is 7.06. The molecule has 1 fully saturated rings. The minimum absolute atomic E-state index is 0.227. The van der Waals surface area contributed by atoms with Crippen LogP contribution in [0.5, 0.6) is 0 Å². The molecule has 0 aliphatic heterocycles. The van der Waals surface area contributed by atoms with Gasteiger partial charge in [0.1, 0.15) is 4.90 Å². The molecular formula is C15H18ClNO2S2. The lowest BCUT2D eigenvalue weighted by atomic mass is 9.86. The van der Waals surface area contributed by atoms with Gasteiger partial charge in [-0.3, -0.25) is 0 Å². The van der Waals surface area contributed by atoms with E-state index in [4.69, 9.17) is 11.6 Å². The van der Waals surface area contributed by atoms with Crippen molar-refractivity contribution < 1.29 is 8.42 Å². The van der Waals surface area contributed by atoms with Gasteiger partial charge in [-0.25, -0.2) is 12.7 Å². The Morgan fingerprint density at radius 2 is 2.05 bits per heavy atom. The molecular weight excluding hydrogens is 326 g/mol. The number of alkyl halides is 1. The molecule has 3 nitrogen and oxygen atoms in total. The largest absolute Gasteiger partial charge is 0.244 e. The molecule has 0 atom stereocenters. The molecule has 1 saturated carbocycles. The Morgan fingerprint density at radius 1 is 1.33 bits per heavy atom. The van der Waals surface area contributed by atoms with E-state index in [-0.39, 0.29) is 5.88 Å². The average molecular weight is 344 g/mol. The summed E-state index contributed by atoms with van der Waals surface area (Å²) in [7, 11) is -1.80. The molecule has 114 valence electrons. The smallest absolute Gasteiger partial charge is 0.207 e. The zero-order valence-corrected chi connectivity index (χ0v) is 14.3. The van der Waals surface area contributed by atoms with Gasteiger partial charge >= 0.3 is 0 Å². The van der Waals surface area contributed by atoms with Gasteiger partial charge in [-0.1, -0.05) is 24.6 Å². The summed E-state index contributed by atoms with van der Waals surface area (Å²) in [6.45, 7) is 0.605. The van der Waals surface area contributed by atoms with Gasteiger partial charge in [0.05, 0.1) is 5.88 Å². The number of sulfonamides is 1. The minimum Gasteiger partial charge on any atom is -0.207 e. The fraction of sp³-hybridized carbons (Fsp3) is 0.467. The highest BCUT2D eigenvalue weighted by Crippen LogP contribution is 2.37. The second-order valence-corrected chi connectivity index (χ2v) is 8.95. The van der Waals surface area contributed by atoms with Crippen LogP contribution in [0.4, 0.5) is 0 Å². The summed E-state index contributed by atoms with van der Waals surface area (Å²) in [6, 6.07) is 7.61. The van der Waals surface area contributed by atoms with Crippen molar-refractivity contribution in [2.24, 2.45) is 5.92 Å². The number of rotatable bonds is 5. The zero-order chi connectivity index (χ0) is 15.0. The molecule has 1 heterocycles. The molecule has 1 aliphatic rings. The predicted molar refractivity (Wildman–Crippen MR) is 88.5 cm³/mol. The van der Waals surface area contributed by atoms with Crippen LogP contribution in [0.3, 0.4) is 0 Å². The summed E-state index contributed by atoms with van der Waals surface area (Å²) in [5, 5.41) is 0.790. The Balaban J connectivity index is 2.04. The second kappa shape index (κ2) is 5.88. The molecule has 0 saturated heterocycles. The quantitative estimate of drug-likeness (QED) is 0.768. The maximum atomic E-state index is 12.9. The SMILES string of the molecule is CN(CC1CCC1)S(=O)(=O)c1c(CCl)sc2ccccc12. The summed E-state index contributed by atoms with van der Waals surface area (Å²) < 4.78 is 28.3. The van der Waals surface area contributed by atoms with Gasteiger partial charge in [-0.05, 0) is 24.8 Å². The number of benzene rings is 1. The highest BCUT2D eigenvalue weighted by Gasteiger charge is 2.30.